The highest BCUT2D eigenvalue weighted by Gasteiger charge is 2.49. The third-order valence-electron chi connectivity index (χ3n) is 17.7. The van der Waals surface area contributed by atoms with Crippen LogP contribution in [-0.2, 0) is 57.2 Å². The normalized spacial score (nSPS) is 21.8. The van der Waals surface area contributed by atoms with E-state index in [0.29, 0.717) is 81.8 Å². The number of carbonyl (C=O) groups excluding carboxylic acids is 3. The molecule has 0 aliphatic carbocycles. The van der Waals surface area contributed by atoms with Gasteiger partial charge in [-0.1, -0.05) is 61.7 Å². The maximum Gasteiger partial charge on any atom is 0.338 e. The minimum absolute atomic E-state index is 0.0296. The van der Waals surface area contributed by atoms with Crippen LogP contribution in [0, 0.1) is 35.2 Å². The molecule has 12 rings (SSSR count). The lowest BCUT2D eigenvalue weighted by Gasteiger charge is -2.29. The lowest BCUT2D eigenvalue weighted by atomic mass is 9.95. The van der Waals surface area contributed by atoms with E-state index in [1.807, 2.05) is 4.90 Å². The maximum absolute atomic E-state index is 14.8. The Morgan fingerprint density at radius 3 is 1.21 bits per heavy atom. The number of thiazole rings is 3. The number of esters is 3. The average molecular weight is 1770 g/mol. The molecule has 0 bridgehead atoms. The number of aliphatic carboxylic acids is 3. The minimum Gasteiger partial charge on any atom is -0.480 e. The molecule has 8 atom stereocenters. The number of nitrogens with zero attached hydrogens (tertiary/aromatic N) is 9. The minimum atomic E-state index is -3.14. The van der Waals surface area contributed by atoms with Gasteiger partial charge in [0.1, 0.15) is 67.7 Å². The molecule has 9 heterocycles. The summed E-state index contributed by atoms with van der Waals surface area (Å²) in [5.74, 6) is -11.1. The van der Waals surface area contributed by atoms with E-state index in [1.54, 1.807) is 66.5 Å². The van der Waals surface area contributed by atoms with Gasteiger partial charge in [-0.2, -0.15) is 0 Å². The topological polar surface area (TPSA) is 340 Å². The summed E-state index contributed by atoms with van der Waals surface area (Å²) in [6.45, 7) is 3.40. The van der Waals surface area contributed by atoms with Gasteiger partial charge >= 0.3 is 35.8 Å². The third-order valence-corrected chi connectivity index (χ3v) is 21.8. The molecule has 3 aromatic carbocycles. The largest absolute Gasteiger partial charge is 0.480 e. The van der Waals surface area contributed by atoms with Gasteiger partial charge in [-0.15, -0.1) is 34.0 Å². The van der Waals surface area contributed by atoms with Gasteiger partial charge < -0.3 is 59.7 Å². The van der Waals surface area contributed by atoms with Crippen molar-refractivity contribution in [2.45, 2.75) is 57.2 Å². The van der Waals surface area contributed by atoms with Crippen LogP contribution < -0.4 is 16.0 Å². The molecule has 6 aromatic rings. The van der Waals surface area contributed by atoms with E-state index in [0.717, 1.165) is 6.07 Å². The number of hydrogen-bond acceptors (Lipinski definition) is 27. The Hall–Kier alpha value is -8.48. The van der Waals surface area contributed by atoms with Crippen molar-refractivity contribution in [1.82, 2.24) is 45.6 Å². The van der Waals surface area contributed by atoms with E-state index < -0.39 is 140 Å². The van der Waals surface area contributed by atoms with E-state index in [1.165, 1.54) is 81.4 Å². The average Bonchev–Trinajstić information content (AvgIpc) is 1.47. The molecule has 5 unspecified atom stereocenters. The highest BCUT2D eigenvalue weighted by molar-refractivity contribution is 9.10. The first-order valence-electron chi connectivity index (χ1n) is 34.6. The quantitative estimate of drug-likeness (QED) is 0.0139. The Bertz CT molecular complexity index is 4390. The fourth-order valence-electron chi connectivity index (χ4n) is 12.9. The van der Waals surface area contributed by atoms with Crippen molar-refractivity contribution in [2.24, 2.45) is 32.7 Å². The lowest BCUT2D eigenvalue weighted by Crippen LogP contribution is -2.39. The van der Waals surface area contributed by atoms with Crippen molar-refractivity contribution in [3.05, 3.63) is 186 Å². The molecule has 27 nitrogen and oxygen atoms in total. The van der Waals surface area contributed by atoms with Crippen molar-refractivity contribution in [3.8, 4) is 0 Å². The molecule has 6 N–H and O–H groups in total. The third kappa shape index (κ3) is 22.5. The molecule has 600 valence electrons. The number of ether oxygens (including phenoxy) is 6. The van der Waals surface area contributed by atoms with Crippen molar-refractivity contribution >= 4 is 131 Å². The van der Waals surface area contributed by atoms with Crippen molar-refractivity contribution in [2.75, 3.05) is 118 Å². The van der Waals surface area contributed by atoms with Crippen LogP contribution in [0.4, 0.5) is 30.7 Å². The van der Waals surface area contributed by atoms with Crippen LogP contribution in [0.1, 0.15) is 70.6 Å². The van der Waals surface area contributed by atoms with Gasteiger partial charge in [0.25, 0.3) is 5.92 Å². The number of benzene rings is 3. The number of nitrogens with one attached hydrogen (secondary N) is 3. The number of aliphatic imine (C=N–C) groups is 3. The Morgan fingerprint density at radius 2 is 0.866 bits per heavy atom. The van der Waals surface area contributed by atoms with Gasteiger partial charge in [-0.25, -0.2) is 74.5 Å². The number of hydrogen-bond donors (Lipinski definition) is 6. The Balaban J connectivity index is 0.000000178. The first kappa shape index (κ1) is 85.9. The second kappa shape index (κ2) is 40.0. The van der Waals surface area contributed by atoms with Crippen molar-refractivity contribution in [1.29, 1.82) is 0 Å². The van der Waals surface area contributed by atoms with Crippen molar-refractivity contribution < 1.29 is 103 Å². The number of carboxylic acids is 3. The summed E-state index contributed by atoms with van der Waals surface area (Å²) in [7, 11) is 0. The van der Waals surface area contributed by atoms with Gasteiger partial charge in [0, 0.05) is 136 Å². The van der Waals surface area contributed by atoms with Crippen LogP contribution in [0.15, 0.2) is 147 Å². The van der Waals surface area contributed by atoms with E-state index in [9.17, 15) is 59.5 Å². The molecule has 6 aliphatic heterocycles. The smallest absolute Gasteiger partial charge is 0.338 e. The summed E-state index contributed by atoms with van der Waals surface area (Å²) in [6, 6.07) is 9.31. The summed E-state index contributed by atoms with van der Waals surface area (Å²) in [5.41, 5.74) is 3.16. The molecule has 40 heteroatoms. The number of carboxylic acid groups (broad SMARTS) is 3. The SMILES string of the molecule is CCOC(=O)C1=C(CN2CC(COCC(=O)O)C(F)(F)C2)NC(c2nccs2)=N[C@H]1c1ccc(F)cc1Br.CCOC(=O)C1=C(CN2CC(F)C(COCC(=O)O)C2)NC(c2nccs2)=N[C@H]1c1ccc(F)cc1Br.CCOC(=O)C1=C(CN2CC(F)C(COCC(=O)O)C2)NC(c2nccs2)=N[C@H]1c1ccc(F)cc1Cl. The highest BCUT2D eigenvalue weighted by atomic mass is 79.9. The molecule has 0 saturated carbocycles. The molecule has 3 fully saturated rings. The number of likely N-dealkylation sites (tertiary alicyclic amines) is 3. The first-order valence-corrected chi connectivity index (χ1v) is 39.2. The maximum atomic E-state index is 14.8. The zero-order valence-electron chi connectivity index (χ0n) is 59.8. The highest BCUT2D eigenvalue weighted by Crippen LogP contribution is 2.42. The van der Waals surface area contributed by atoms with E-state index in [-0.39, 0.29) is 101 Å². The lowest BCUT2D eigenvalue weighted by molar-refractivity contribution is -0.144. The van der Waals surface area contributed by atoms with Gasteiger partial charge in [-0.05, 0) is 68.3 Å². The fourth-order valence-corrected chi connectivity index (χ4v) is 16.1. The molecule has 3 aromatic heterocycles. The second-order valence-corrected chi connectivity index (χ2v) is 30.5. The molecule has 112 heavy (non-hydrogen) atoms. The van der Waals surface area contributed by atoms with Crippen LogP contribution in [-0.4, -0.2) is 235 Å². The van der Waals surface area contributed by atoms with Crippen LogP contribution in [0.5, 0.6) is 0 Å². The van der Waals surface area contributed by atoms with Crippen LogP contribution in [0.2, 0.25) is 5.02 Å². The van der Waals surface area contributed by atoms with Gasteiger partial charge in [-0.3, -0.25) is 29.7 Å². The van der Waals surface area contributed by atoms with E-state index >= 15 is 0 Å². The van der Waals surface area contributed by atoms with Gasteiger partial charge in [0.2, 0.25) is 0 Å². The molecule has 0 radical (unpaired) electrons. The van der Waals surface area contributed by atoms with E-state index in [4.69, 9.17) is 70.3 Å². The molecular formula is C72H74Br2ClF7N12O15S3. The molecular weight excluding hydrogens is 1700 g/mol. The van der Waals surface area contributed by atoms with Gasteiger partial charge in [0.15, 0.2) is 32.5 Å². The Kier molecular flexibility index (Phi) is 30.7. The monoisotopic (exact) mass is 1770 g/mol. The standard InChI is InChI=1S/C24H24BrF3N4O5S.C24H25BrF2N4O5S.C24H25ClF2N4O5S/c1-2-37-23(35)19-17(9-32-8-13(24(27,28)12-32)10-36-11-18(33)34)30-21(22-29-5-6-38-22)31-20(19)15-4-3-14(26)7-16(15)25;2*1-2-36-24(34)20-18(10-31-8-13(17(27)9-31)11-35-12-19(32)33)29-22(23-28-5-6-37-23)30-21(20)15-4-3-14(26)7-16(15)25/h3-7,13,20H,2,8-12H2,1H3,(H,30,31)(H,33,34);2*3-7,13,17,21H,2,8-12H2,1H3,(H,29,30)(H,32,33)/t13?,20-;2*13?,17?,21-/m000/s1. The Labute approximate surface area is 669 Å². The van der Waals surface area contributed by atoms with E-state index in [2.05, 4.69) is 62.8 Å². The summed E-state index contributed by atoms with van der Waals surface area (Å²) < 4.78 is 133. The summed E-state index contributed by atoms with van der Waals surface area (Å²) in [6.07, 6.45) is 2.37. The fraction of sp³-hybridized carbons (Fsp3) is 0.417. The zero-order chi connectivity index (χ0) is 80.5. The van der Waals surface area contributed by atoms with Crippen LogP contribution in [0.25, 0.3) is 0 Å². The summed E-state index contributed by atoms with van der Waals surface area (Å²) in [4.78, 5) is 104. The number of amidine groups is 3. The van der Waals surface area contributed by atoms with Crippen LogP contribution in [0.3, 0.4) is 0 Å². The number of rotatable bonds is 30. The summed E-state index contributed by atoms with van der Waals surface area (Å²) >= 11 is 17.1. The van der Waals surface area contributed by atoms with Gasteiger partial charge in [0.05, 0.1) is 68.8 Å². The van der Waals surface area contributed by atoms with Crippen LogP contribution >= 0.6 is 77.5 Å². The molecule has 3 saturated heterocycles. The number of alkyl halides is 4. The summed E-state index contributed by atoms with van der Waals surface area (Å²) in [5, 5.41) is 42.8. The molecule has 6 aliphatic rings. The zero-order valence-corrected chi connectivity index (χ0v) is 66.2. The second-order valence-electron chi connectivity index (χ2n) is 25.7. The number of carbonyl (C=O) groups is 6. The Morgan fingerprint density at radius 1 is 0.518 bits per heavy atom. The number of aromatic nitrogens is 3. The molecule has 0 amide bonds. The van der Waals surface area contributed by atoms with Crippen molar-refractivity contribution in [3.63, 3.8) is 0 Å². The predicted molar refractivity (Wildman–Crippen MR) is 404 cm³/mol. The predicted octanol–water partition coefficient (Wildman–Crippen LogP) is 10.2. The number of halogens is 10. The molecule has 0 spiro atoms. The first-order chi connectivity index (χ1) is 53.6.